The maximum absolute atomic E-state index is 10.1. The van der Waals surface area contributed by atoms with Gasteiger partial charge < -0.3 is 15.2 Å². The molecule has 1 unspecified atom stereocenters. The number of rotatable bonds is 3. The summed E-state index contributed by atoms with van der Waals surface area (Å²) in [5, 5.41) is 19.9. The first-order chi connectivity index (χ1) is 9.77. The molecule has 20 heavy (non-hydrogen) atoms. The zero-order chi connectivity index (χ0) is 13.9. The van der Waals surface area contributed by atoms with E-state index >= 15 is 0 Å². The molecule has 0 aliphatic carbocycles. The minimum atomic E-state index is -0.203. The van der Waals surface area contributed by atoms with Crippen LogP contribution >= 0.6 is 0 Å². The lowest BCUT2D eigenvalue weighted by molar-refractivity contribution is 0.398. The van der Waals surface area contributed by atoms with E-state index in [9.17, 15) is 10.2 Å². The Bertz CT molecular complexity index is 694. The number of nitrogens with zero attached hydrogens (tertiary/aromatic N) is 1. The zero-order valence-corrected chi connectivity index (χ0v) is 10.7. The molecular formula is C16H14N2O2. The monoisotopic (exact) mass is 266 g/mol. The first kappa shape index (κ1) is 12.3. The molecule has 0 spiro atoms. The lowest BCUT2D eigenvalue weighted by Crippen LogP contribution is -2.04. The van der Waals surface area contributed by atoms with Crippen LogP contribution in [0.1, 0.15) is 22.7 Å². The summed E-state index contributed by atoms with van der Waals surface area (Å²) in [6.45, 7) is 0. The summed E-state index contributed by atoms with van der Waals surface area (Å²) in [4.78, 5) is 7.12. The molecule has 3 rings (SSSR count). The van der Waals surface area contributed by atoms with Crippen LogP contribution in [0.25, 0.3) is 0 Å². The van der Waals surface area contributed by atoms with Crippen molar-refractivity contribution in [2.75, 3.05) is 0 Å². The summed E-state index contributed by atoms with van der Waals surface area (Å²) < 4.78 is 0. The highest BCUT2D eigenvalue weighted by Gasteiger charge is 2.22. The topological polar surface area (TPSA) is 69.1 Å². The van der Waals surface area contributed by atoms with Crippen molar-refractivity contribution in [1.29, 1.82) is 0 Å². The Balaban J connectivity index is 2.19. The zero-order valence-electron chi connectivity index (χ0n) is 10.7. The largest absolute Gasteiger partial charge is 0.504 e. The number of hydrogen-bond donors (Lipinski definition) is 3. The number of hydrogen-bond acceptors (Lipinski definition) is 3. The molecule has 2 aromatic carbocycles. The first-order valence-corrected chi connectivity index (χ1v) is 6.31. The van der Waals surface area contributed by atoms with Crippen molar-refractivity contribution in [2.45, 2.75) is 5.92 Å². The van der Waals surface area contributed by atoms with E-state index in [-0.39, 0.29) is 17.4 Å². The maximum Gasteiger partial charge on any atom is 0.161 e. The van der Waals surface area contributed by atoms with E-state index in [0.717, 1.165) is 11.3 Å². The Morgan fingerprint density at radius 2 is 1.75 bits per heavy atom. The summed E-state index contributed by atoms with van der Waals surface area (Å²) in [6.07, 6.45) is 3.33. The van der Waals surface area contributed by atoms with Gasteiger partial charge in [0.05, 0.1) is 12.2 Å². The molecule has 0 aliphatic rings. The van der Waals surface area contributed by atoms with Crippen LogP contribution < -0.4 is 0 Å². The fourth-order valence-electron chi connectivity index (χ4n) is 2.38. The minimum absolute atomic E-state index is 0.101. The van der Waals surface area contributed by atoms with Gasteiger partial charge in [-0.2, -0.15) is 0 Å². The second-order valence-corrected chi connectivity index (χ2v) is 4.57. The first-order valence-electron chi connectivity index (χ1n) is 6.31. The van der Waals surface area contributed by atoms with E-state index in [4.69, 9.17) is 0 Å². The number of aromatic hydroxyl groups is 2. The quantitative estimate of drug-likeness (QED) is 0.638. The molecule has 4 nitrogen and oxygen atoms in total. The van der Waals surface area contributed by atoms with Crippen LogP contribution in [0.15, 0.2) is 61.1 Å². The van der Waals surface area contributed by atoms with Crippen molar-refractivity contribution >= 4 is 0 Å². The molecule has 0 aliphatic heterocycles. The van der Waals surface area contributed by atoms with Crippen LogP contribution in [0.3, 0.4) is 0 Å². The summed E-state index contributed by atoms with van der Waals surface area (Å²) >= 11 is 0. The molecular weight excluding hydrogens is 252 g/mol. The fraction of sp³-hybridized carbons (Fsp3) is 0.0625. The van der Waals surface area contributed by atoms with Gasteiger partial charge in [-0.25, -0.2) is 4.98 Å². The molecule has 0 fully saturated rings. The van der Waals surface area contributed by atoms with E-state index in [2.05, 4.69) is 9.97 Å². The number of benzene rings is 2. The molecule has 0 radical (unpaired) electrons. The van der Waals surface area contributed by atoms with Gasteiger partial charge in [-0.15, -0.1) is 0 Å². The van der Waals surface area contributed by atoms with Gasteiger partial charge in [-0.1, -0.05) is 42.5 Å². The van der Waals surface area contributed by atoms with Crippen molar-refractivity contribution in [3.63, 3.8) is 0 Å². The van der Waals surface area contributed by atoms with E-state index in [1.807, 2.05) is 30.3 Å². The number of imidazole rings is 1. The van der Waals surface area contributed by atoms with Gasteiger partial charge in [0.1, 0.15) is 0 Å². The van der Waals surface area contributed by atoms with Crippen molar-refractivity contribution in [2.24, 2.45) is 0 Å². The maximum atomic E-state index is 10.1. The summed E-state index contributed by atoms with van der Waals surface area (Å²) in [5.74, 6) is -0.426. The normalized spacial score (nSPS) is 12.2. The predicted molar refractivity (Wildman–Crippen MR) is 75.7 cm³/mol. The molecule has 0 bridgehead atoms. The summed E-state index contributed by atoms with van der Waals surface area (Å²) in [7, 11) is 0. The predicted octanol–water partition coefficient (Wildman–Crippen LogP) is 3.00. The standard InChI is InChI=1S/C16H14N2O2/c19-14-8-4-7-12(16(14)20)15(13-9-17-10-18-13)11-5-2-1-3-6-11/h1-10,15,19-20H,(H,17,18). The van der Waals surface area contributed by atoms with Crippen LogP contribution in [0.2, 0.25) is 0 Å². The number of H-pyrrole nitrogens is 1. The second-order valence-electron chi connectivity index (χ2n) is 4.57. The average Bonchev–Trinajstić information content (AvgIpc) is 2.99. The Labute approximate surface area is 116 Å². The number of nitrogens with one attached hydrogen (secondary N) is 1. The minimum Gasteiger partial charge on any atom is -0.504 e. The number of phenolic OH excluding ortho intramolecular Hbond substituents is 2. The number of aromatic nitrogens is 2. The third kappa shape index (κ3) is 2.12. The number of phenols is 2. The summed E-state index contributed by atoms with van der Waals surface area (Å²) in [6, 6.07) is 14.8. The van der Waals surface area contributed by atoms with Crippen molar-refractivity contribution in [3.8, 4) is 11.5 Å². The molecule has 1 heterocycles. The average molecular weight is 266 g/mol. The lowest BCUT2D eigenvalue weighted by Gasteiger charge is -2.18. The highest BCUT2D eigenvalue weighted by molar-refractivity contribution is 5.52. The molecule has 4 heteroatoms. The Morgan fingerprint density at radius 1 is 0.950 bits per heavy atom. The van der Waals surface area contributed by atoms with Gasteiger partial charge in [0, 0.05) is 17.5 Å². The van der Waals surface area contributed by atoms with Crippen LogP contribution in [0.5, 0.6) is 11.5 Å². The van der Waals surface area contributed by atoms with E-state index < -0.39 is 0 Å². The molecule has 3 aromatic rings. The molecule has 100 valence electrons. The van der Waals surface area contributed by atoms with Gasteiger partial charge in [-0.05, 0) is 11.6 Å². The van der Waals surface area contributed by atoms with Gasteiger partial charge >= 0.3 is 0 Å². The summed E-state index contributed by atoms with van der Waals surface area (Å²) in [5.41, 5.74) is 2.51. The molecule has 3 N–H and O–H groups in total. The molecule has 0 amide bonds. The molecule has 0 saturated heterocycles. The van der Waals surface area contributed by atoms with Gasteiger partial charge in [0.2, 0.25) is 0 Å². The van der Waals surface area contributed by atoms with Crippen LogP contribution in [0.4, 0.5) is 0 Å². The Hall–Kier alpha value is -2.75. The third-order valence-electron chi connectivity index (χ3n) is 3.32. The van der Waals surface area contributed by atoms with Crippen molar-refractivity contribution in [1.82, 2.24) is 9.97 Å². The van der Waals surface area contributed by atoms with Crippen LogP contribution in [-0.4, -0.2) is 20.2 Å². The number of aromatic amines is 1. The van der Waals surface area contributed by atoms with Gasteiger partial charge in [-0.3, -0.25) is 0 Å². The van der Waals surface area contributed by atoms with E-state index in [1.54, 1.807) is 24.7 Å². The van der Waals surface area contributed by atoms with Crippen molar-refractivity contribution < 1.29 is 10.2 Å². The molecule has 1 atom stereocenters. The van der Waals surface area contributed by atoms with Gasteiger partial charge in [0.25, 0.3) is 0 Å². The SMILES string of the molecule is Oc1cccc(C(c2ccccc2)c2cnc[nH]2)c1O. The molecule has 1 aromatic heterocycles. The Kier molecular flexibility index (Phi) is 3.13. The fourth-order valence-corrected chi connectivity index (χ4v) is 2.38. The van der Waals surface area contributed by atoms with Crippen LogP contribution in [-0.2, 0) is 0 Å². The highest BCUT2D eigenvalue weighted by atomic mass is 16.3. The molecule has 0 saturated carbocycles. The number of para-hydroxylation sites is 1. The second kappa shape index (κ2) is 5.09. The highest BCUT2D eigenvalue weighted by Crippen LogP contribution is 2.39. The lowest BCUT2D eigenvalue weighted by atomic mass is 9.88. The van der Waals surface area contributed by atoms with E-state index in [1.165, 1.54) is 6.07 Å². The third-order valence-corrected chi connectivity index (χ3v) is 3.32. The van der Waals surface area contributed by atoms with Crippen molar-refractivity contribution in [3.05, 3.63) is 77.9 Å². The Morgan fingerprint density at radius 3 is 2.45 bits per heavy atom. The van der Waals surface area contributed by atoms with Crippen LogP contribution in [0, 0.1) is 0 Å². The van der Waals surface area contributed by atoms with E-state index in [0.29, 0.717) is 5.56 Å². The van der Waals surface area contributed by atoms with Gasteiger partial charge in [0.15, 0.2) is 11.5 Å². The smallest absolute Gasteiger partial charge is 0.161 e.